The Morgan fingerprint density at radius 1 is 1.71 bits per heavy atom. The third kappa shape index (κ3) is 6.02. The Bertz CT molecular complexity index is 46.5. The number of hydrogen-bond acceptors (Lipinski definition) is 1. The summed E-state index contributed by atoms with van der Waals surface area (Å²) in [6.45, 7) is 4.20. The van der Waals surface area contributed by atoms with Crippen molar-refractivity contribution < 1.29 is 0 Å². The monoisotopic (exact) mass is 99.1 g/mol. The highest BCUT2D eigenvalue weighted by atomic mass is 14.7. The molecule has 0 saturated carbocycles. The third-order valence-corrected chi connectivity index (χ3v) is 0.894. The average Bonchev–Trinajstić information content (AvgIpc) is 1.30. The highest BCUT2D eigenvalue weighted by Crippen LogP contribution is 2.00. The number of nitrogens with two attached hydrogens (primary N) is 1. The highest BCUT2D eigenvalue weighted by molar-refractivity contribution is 6.14. The Morgan fingerprint density at radius 3 is 2.14 bits per heavy atom. The van der Waals surface area contributed by atoms with Crippen LogP contribution in [0.1, 0.15) is 26.7 Å². The van der Waals surface area contributed by atoms with E-state index in [1.54, 1.807) is 0 Å². The lowest BCUT2D eigenvalue weighted by Gasteiger charge is -2.15. The Hall–Kier alpha value is 0.0249. The van der Waals surface area contributed by atoms with Crippen LogP contribution in [0.4, 0.5) is 0 Å². The minimum atomic E-state index is 0.0503. The van der Waals surface area contributed by atoms with Gasteiger partial charge >= 0.3 is 0 Å². The first-order valence-corrected chi connectivity index (χ1v) is 2.85. The Labute approximate surface area is 46.7 Å². The zero-order chi connectivity index (χ0) is 5.91. The summed E-state index contributed by atoms with van der Waals surface area (Å²) in [5.41, 5.74) is 5.70. The van der Waals surface area contributed by atoms with Gasteiger partial charge in [-0.1, -0.05) is 20.3 Å². The minimum absolute atomic E-state index is 0.0503. The lowest BCUT2D eigenvalue weighted by molar-refractivity contribution is 0.587. The van der Waals surface area contributed by atoms with Crippen LogP contribution in [-0.2, 0) is 0 Å². The minimum Gasteiger partial charge on any atom is -0.333 e. The fourth-order valence-corrected chi connectivity index (χ4v) is 0.644. The van der Waals surface area contributed by atoms with Gasteiger partial charge in [0, 0.05) is 0 Å². The van der Waals surface area contributed by atoms with Crippen LogP contribution in [0.5, 0.6) is 0 Å². The molecule has 42 valence electrons. The maximum absolute atomic E-state index is 5.65. The smallest absolute Gasteiger partial charge is 0.126 e. The summed E-state index contributed by atoms with van der Waals surface area (Å²) < 4.78 is 0. The van der Waals surface area contributed by atoms with E-state index in [9.17, 15) is 0 Å². The molecule has 0 bridgehead atoms. The summed E-state index contributed by atoms with van der Waals surface area (Å²) in [4.78, 5) is 0. The second kappa shape index (κ2) is 2.36. The van der Waals surface area contributed by atoms with Crippen LogP contribution in [0.3, 0.4) is 0 Å². The van der Waals surface area contributed by atoms with Gasteiger partial charge < -0.3 is 5.73 Å². The third-order valence-electron chi connectivity index (χ3n) is 0.894. The molecule has 0 rings (SSSR count). The standard InChI is InChI=1S/C5H14BN/c1-3-4-5(2,6)7/h3-4,6-7H2,1-2H3. The molecule has 0 aromatic carbocycles. The molecule has 2 N–H and O–H groups in total. The zero-order valence-corrected chi connectivity index (χ0v) is 5.49. The van der Waals surface area contributed by atoms with E-state index in [1.165, 1.54) is 6.42 Å². The van der Waals surface area contributed by atoms with Crippen molar-refractivity contribution in [3.63, 3.8) is 0 Å². The Morgan fingerprint density at radius 2 is 2.14 bits per heavy atom. The molecule has 1 unspecified atom stereocenters. The van der Waals surface area contributed by atoms with Gasteiger partial charge in [0.25, 0.3) is 0 Å². The van der Waals surface area contributed by atoms with Crippen LogP contribution < -0.4 is 5.73 Å². The van der Waals surface area contributed by atoms with Gasteiger partial charge in [-0.15, -0.1) is 0 Å². The van der Waals surface area contributed by atoms with E-state index in [1.807, 2.05) is 0 Å². The van der Waals surface area contributed by atoms with Crippen LogP contribution in [-0.4, -0.2) is 13.3 Å². The molecule has 0 radical (unpaired) electrons. The quantitative estimate of drug-likeness (QED) is 0.488. The predicted molar refractivity (Wildman–Crippen MR) is 36.0 cm³/mol. The van der Waals surface area contributed by atoms with Crippen LogP contribution >= 0.6 is 0 Å². The summed E-state index contributed by atoms with van der Waals surface area (Å²) in [7, 11) is 2.05. The van der Waals surface area contributed by atoms with E-state index in [4.69, 9.17) is 5.73 Å². The van der Waals surface area contributed by atoms with Crippen molar-refractivity contribution in [3.05, 3.63) is 0 Å². The van der Waals surface area contributed by atoms with E-state index in [-0.39, 0.29) is 5.44 Å². The first-order chi connectivity index (χ1) is 3.06. The first-order valence-electron chi connectivity index (χ1n) is 2.85. The van der Waals surface area contributed by atoms with Crippen LogP contribution in [0.15, 0.2) is 0 Å². The van der Waals surface area contributed by atoms with Crippen molar-refractivity contribution in [2.45, 2.75) is 32.1 Å². The highest BCUT2D eigenvalue weighted by Gasteiger charge is 2.06. The van der Waals surface area contributed by atoms with Crippen LogP contribution in [0.2, 0.25) is 0 Å². The Balaban J connectivity index is 3.15. The number of rotatable bonds is 2. The molecule has 2 heteroatoms. The van der Waals surface area contributed by atoms with Gasteiger partial charge in [-0.25, -0.2) is 0 Å². The van der Waals surface area contributed by atoms with Crippen molar-refractivity contribution >= 4 is 7.85 Å². The fourth-order valence-electron chi connectivity index (χ4n) is 0.644. The largest absolute Gasteiger partial charge is 0.333 e. The van der Waals surface area contributed by atoms with Gasteiger partial charge in [0.05, 0.1) is 0 Å². The Kier molecular flexibility index (Phi) is 2.37. The van der Waals surface area contributed by atoms with E-state index in [2.05, 4.69) is 21.7 Å². The average molecular weight is 99.0 g/mol. The molecular weight excluding hydrogens is 84.9 g/mol. The first kappa shape index (κ1) is 7.02. The van der Waals surface area contributed by atoms with Gasteiger partial charge in [0.1, 0.15) is 7.85 Å². The zero-order valence-electron chi connectivity index (χ0n) is 5.49. The number of hydrogen-bond donors (Lipinski definition) is 1. The van der Waals surface area contributed by atoms with Crippen molar-refractivity contribution in [1.82, 2.24) is 0 Å². The van der Waals surface area contributed by atoms with Gasteiger partial charge in [0.15, 0.2) is 0 Å². The summed E-state index contributed by atoms with van der Waals surface area (Å²) >= 11 is 0. The molecule has 0 amide bonds. The normalized spacial score (nSPS) is 18.7. The predicted octanol–water partition coefficient (Wildman–Crippen LogP) is 0.0945. The SMILES string of the molecule is BC(C)(N)CCC. The van der Waals surface area contributed by atoms with E-state index < -0.39 is 0 Å². The summed E-state index contributed by atoms with van der Waals surface area (Å²) in [5.74, 6) is 0. The second-order valence-corrected chi connectivity index (χ2v) is 2.74. The lowest BCUT2D eigenvalue weighted by Crippen LogP contribution is -2.35. The molecular formula is C5H14BN. The molecule has 0 saturated heterocycles. The molecule has 1 nitrogen and oxygen atoms in total. The van der Waals surface area contributed by atoms with Gasteiger partial charge in [-0.3, -0.25) is 0 Å². The maximum Gasteiger partial charge on any atom is 0.126 e. The molecule has 7 heavy (non-hydrogen) atoms. The molecule has 1 atom stereocenters. The van der Waals surface area contributed by atoms with Gasteiger partial charge in [-0.05, 0) is 11.9 Å². The second-order valence-electron chi connectivity index (χ2n) is 2.74. The molecule has 0 aromatic rings. The van der Waals surface area contributed by atoms with Crippen molar-refractivity contribution in [2.24, 2.45) is 5.73 Å². The molecule has 0 fully saturated rings. The molecule has 0 spiro atoms. The molecule has 0 aliphatic rings. The molecule has 0 aromatic heterocycles. The molecule has 0 heterocycles. The lowest BCUT2D eigenvalue weighted by atomic mass is 9.77. The van der Waals surface area contributed by atoms with Gasteiger partial charge in [-0.2, -0.15) is 0 Å². The van der Waals surface area contributed by atoms with Crippen LogP contribution in [0, 0.1) is 0 Å². The van der Waals surface area contributed by atoms with Crippen molar-refractivity contribution in [2.75, 3.05) is 0 Å². The topological polar surface area (TPSA) is 26.0 Å². The summed E-state index contributed by atoms with van der Waals surface area (Å²) in [6.07, 6.45) is 2.30. The summed E-state index contributed by atoms with van der Waals surface area (Å²) in [6, 6.07) is 0. The maximum atomic E-state index is 5.65. The van der Waals surface area contributed by atoms with Crippen molar-refractivity contribution in [3.8, 4) is 0 Å². The van der Waals surface area contributed by atoms with E-state index in [0.29, 0.717) is 0 Å². The van der Waals surface area contributed by atoms with Crippen molar-refractivity contribution in [1.29, 1.82) is 0 Å². The molecule has 0 aliphatic heterocycles. The van der Waals surface area contributed by atoms with E-state index in [0.717, 1.165) is 6.42 Å². The summed E-state index contributed by atoms with van der Waals surface area (Å²) in [5, 5.41) is 0. The van der Waals surface area contributed by atoms with E-state index >= 15 is 0 Å². The van der Waals surface area contributed by atoms with Gasteiger partial charge in [0.2, 0.25) is 0 Å². The van der Waals surface area contributed by atoms with Crippen LogP contribution in [0.25, 0.3) is 0 Å². The molecule has 0 aliphatic carbocycles. The fraction of sp³-hybridized carbons (Fsp3) is 1.00.